The molecule has 0 aliphatic carbocycles. The molecule has 31 heavy (non-hydrogen) atoms. The van der Waals surface area contributed by atoms with Crippen LogP contribution < -0.4 is 10.2 Å². The fourth-order valence-electron chi connectivity index (χ4n) is 3.56. The number of anilines is 2. The van der Waals surface area contributed by atoms with Crippen LogP contribution in [0.15, 0.2) is 78.9 Å². The van der Waals surface area contributed by atoms with Gasteiger partial charge in [-0.25, -0.2) is 4.79 Å². The lowest BCUT2D eigenvalue weighted by Gasteiger charge is -2.29. The summed E-state index contributed by atoms with van der Waals surface area (Å²) in [6.07, 6.45) is 1.82. The highest BCUT2D eigenvalue weighted by atomic mass is 16.5. The molecule has 1 N–H and O–H groups in total. The van der Waals surface area contributed by atoms with Crippen LogP contribution in [0.1, 0.15) is 32.7 Å². The van der Waals surface area contributed by atoms with Crippen molar-refractivity contribution in [2.75, 3.05) is 23.4 Å². The Balaban J connectivity index is 1.33. The van der Waals surface area contributed by atoms with Crippen LogP contribution in [0.5, 0.6) is 0 Å². The van der Waals surface area contributed by atoms with E-state index in [9.17, 15) is 14.4 Å². The summed E-state index contributed by atoms with van der Waals surface area (Å²) in [5, 5.41) is 2.78. The zero-order valence-corrected chi connectivity index (χ0v) is 16.9. The van der Waals surface area contributed by atoms with Gasteiger partial charge in [-0.05, 0) is 60.9 Å². The van der Waals surface area contributed by atoms with Crippen LogP contribution in [0.2, 0.25) is 0 Å². The molecule has 0 radical (unpaired) electrons. The minimum atomic E-state index is -0.584. The summed E-state index contributed by atoms with van der Waals surface area (Å²) in [5.41, 5.74) is 3.43. The summed E-state index contributed by atoms with van der Waals surface area (Å²) >= 11 is 0. The van der Waals surface area contributed by atoms with Crippen molar-refractivity contribution in [1.82, 2.24) is 0 Å². The standard InChI is InChI=1S/C25H22N2O4/c28-23(27-16-6-10-18-7-4-5-11-22(18)27)17-31-25(30)20-12-14-21(15-13-20)26-24(29)19-8-2-1-3-9-19/h1-5,7-9,11-15H,6,10,16-17H2,(H,26,29). The van der Waals surface area contributed by atoms with Gasteiger partial charge < -0.3 is 15.0 Å². The number of aryl methyl sites for hydroxylation is 1. The van der Waals surface area contributed by atoms with Gasteiger partial charge in [-0.3, -0.25) is 9.59 Å². The highest BCUT2D eigenvalue weighted by Gasteiger charge is 2.23. The van der Waals surface area contributed by atoms with Crippen molar-refractivity contribution in [3.63, 3.8) is 0 Å². The Labute approximate surface area is 180 Å². The Kier molecular flexibility index (Phi) is 6.08. The lowest BCUT2D eigenvalue weighted by Crippen LogP contribution is -2.38. The third-order valence-electron chi connectivity index (χ3n) is 5.15. The minimum Gasteiger partial charge on any atom is -0.452 e. The molecule has 6 heteroatoms. The fourth-order valence-corrected chi connectivity index (χ4v) is 3.56. The number of hydrogen-bond acceptors (Lipinski definition) is 4. The maximum Gasteiger partial charge on any atom is 0.338 e. The average molecular weight is 414 g/mol. The molecule has 0 aromatic heterocycles. The SMILES string of the molecule is O=C(Nc1ccc(C(=O)OCC(=O)N2CCCc3ccccc32)cc1)c1ccccc1. The topological polar surface area (TPSA) is 75.7 Å². The number of ether oxygens (including phenoxy) is 1. The largest absolute Gasteiger partial charge is 0.452 e. The Bertz CT molecular complexity index is 1090. The van der Waals surface area contributed by atoms with Gasteiger partial charge in [0.25, 0.3) is 11.8 Å². The molecule has 0 bridgehead atoms. The third kappa shape index (κ3) is 4.80. The van der Waals surface area contributed by atoms with E-state index in [1.54, 1.807) is 53.4 Å². The summed E-state index contributed by atoms with van der Waals surface area (Å²) in [7, 11) is 0. The lowest BCUT2D eigenvalue weighted by molar-refractivity contribution is -0.121. The number of esters is 1. The number of amides is 2. The normalized spacial score (nSPS) is 12.6. The average Bonchev–Trinajstić information content (AvgIpc) is 2.83. The predicted molar refractivity (Wildman–Crippen MR) is 118 cm³/mol. The van der Waals surface area contributed by atoms with Gasteiger partial charge in [0.1, 0.15) is 0 Å². The van der Waals surface area contributed by atoms with E-state index >= 15 is 0 Å². The predicted octanol–water partition coefficient (Wildman–Crippen LogP) is 4.08. The van der Waals surface area contributed by atoms with E-state index in [1.807, 2.05) is 30.3 Å². The highest BCUT2D eigenvalue weighted by Crippen LogP contribution is 2.26. The maximum absolute atomic E-state index is 12.6. The molecule has 1 aliphatic heterocycles. The van der Waals surface area contributed by atoms with Crippen molar-refractivity contribution in [3.8, 4) is 0 Å². The van der Waals surface area contributed by atoms with E-state index in [0.717, 1.165) is 24.1 Å². The molecule has 0 unspecified atom stereocenters. The van der Waals surface area contributed by atoms with Crippen molar-refractivity contribution in [2.45, 2.75) is 12.8 Å². The molecule has 0 fully saturated rings. The lowest BCUT2D eigenvalue weighted by atomic mass is 10.0. The van der Waals surface area contributed by atoms with E-state index < -0.39 is 5.97 Å². The van der Waals surface area contributed by atoms with Crippen molar-refractivity contribution in [2.24, 2.45) is 0 Å². The zero-order valence-electron chi connectivity index (χ0n) is 16.9. The van der Waals surface area contributed by atoms with Gasteiger partial charge in [0.05, 0.1) is 5.56 Å². The number of fused-ring (bicyclic) bond motifs is 1. The van der Waals surface area contributed by atoms with Crippen LogP contribution in [0.3, 0.4) is 0 Å². The molecule has 0 atom stereocenters. The Morgan fingerprint density at radius 1 is 0.839 bits per heavy atom. The van der Waals surface area contributed by atoms with Crippen LogP contribution in [0, 0.1) is 0 Å². The second-order valence-electron chi connectivity index (χ2n) is 7.25. The van der Waals surface area contributed by atoms with E-state index in [4.69, 9.17) is 4.74 Å². The second-order valence-corrected chi connectivity index (χ2v) is 7.25. The summed E-state index contributed by atoms with van der Waals surface area (Å²) in [5.74, 6) is -1.06. The molecule has 0 saturated heterocycles. The third-order valence-corrected chi connectivity index (χ3v) is 5.15. The molecule has 6 nitrogen and oxygen atoms in total. The van der Waals surface area contributed by atoms with Gasteiger partial charge in [-0.2, -0.15) is 0 Å². The van der Waals surface area contributed by atoms with Crippen LogP contribution in [-0.4, -0.2) is 30.9 Å². The van der Waals surface area contributed by atoms with Crippen LogP contribution in [0.25, 0.3) is 0 Å². The fraction of sp³-hybridized carbons (Fsp3) is 0.160. The second kappa shape index (κ2) is 9.26. The highest BCUT2D eigenvalue weighted by molar-refractivity contribution is 6.04. The van der Waals surface area contributed by atoms with E-state index in [1.165, 1.54) is 0 Å². The maximum atomic E-state index is 12.6. The summed E-state index contributed by atoms with van der Waals surface area (Å²) in [6.45, 7) is 0.295. The first-order valence-corrected chi connectivity index (χ1v) is 10.1. The molecule has 2 amide bonds. The van der Waals surface area contributed by atoms with Gasteiger partial charge in [0, 0.05) is 23.5 Å². The van der Waals surface area contributed by atoms with Crippen molar-refractivity contribution in [1.29, 1.82) is 0 Å². The molecule has 1 aliphatic rings. The Morgan fingerprint density at radius 3 is 2.32 bits per heavy atom. The first-order chi connectivity index (χ1) is 15.1. The van der Waals surface area contributed by atoms with Gasteiger partial charge in [-0.15, -0.1) is 0 Å². The molecule has 4 rings (SSSR count). The van der Waals surface area contributed by atoms with E-state index in [0.29, 0.717) is 23.4 Å². The van der Waals surface area contributed by atoms with Gasteiger partial charge >= 0.3 is 5.97 Å². The number of nitrogens with one attached hydrogen (secondary N) is 1. The van der Waals surface area contributed by atoms with Gasteiger partial charge in [0.15, 0.2) is 6.61 Å². The van der Waals surface area contributed by atoms with Crippen LogP contribution in [-0.2, 0) is 16.0 Å². The zero-order chi connectivity index (χ0) is 21.6. The molecule has 0 spiro atoms. The van der Waals surface area contributed by atoms with Gasteiger partial charge in [-0.1, -0.05) is 36.4 Å². The minimum absolute atomic E-state index is 0.233. The summed E-state index contributed by atoms with van der Waals surface area (Å²) < 4.78 is 5.23. The van der Waals surface area contributed by atoms with Crippen LogP contribution >= 0.6 is 0 Å². The molecule has 3 aromatic carbocycles. The number of rotatable bonds is 5. The first kappa shape index (κ1) is 20.3. The molecule has 156 valence electrons. The number of hydrogen-bond donors (Lipinski definition) is 1. The molecule has 3 aromatic rings. The number of para-hydroxylation sites is 1. The first-order valence-electron chi connectivity index (χ1n) is 10.1. The molecule has 1 heterocycles. The van der Waals surface area contributed by atoms with Crippen molar-refractivity contribution in [3.05, 3.63) is 95.6 Å². The molecule has 0 saturated carbocycles. The number of nitrogens with zero attached hydrogens (tertiary/aromatic N) is 1. The van der Waals surface area contributed by atoms with Crippen LogP contribution in [0.4, 0.5) is 11.4 Å². The number of carbonyl (C=O) groups excluding carboxylic acids is 3. The summed E-state index contributed by atoms with van der Waals surface area (Å²) in [4.78, 5) is 38.8. The van der Waals surface area contributed by atoms with E-state index in [2.05, 4.69) is 5.32 Å². The number of benzene rings is 3. The summed E-state index contributed by atoms with van der Waals surface area (Å²) in [6, 6.07) is 23.0. The quantitative estimate of drug-likeness (QED) is 0.639. The number of carbonyl (C=O) groups is 3. The van der Waals surface area contributed by atoms with Gasteiger partial charge in [0.2, 0.25) is 0 Å². The molecular formula is C25H22N2O4. The van der Waals surface area contributed by atoms with Crippen molar-refractivity contribution >= 4 is 29.2 Å². The van der Waals surface area contributed by atoms with Crippen molar-refractivity contribution < 1.29 is 19.1 Å². The smallest absolute Gasteiger partial charge is 0.338 e. The Hall–Kier alpha value is -3.93. The molecular weight excluding hydrogens is 392 g/mol. The Morgan fingerprint density at radius 2 is 1.55 bits per heavy atom. The monoisotopic (exact) mass is 414 g/mol. The van der Waals surface area contributed by atoms with E-state index in [-0.39, 0.29) is 18.4 Å².